The van der Waals surface area contributed by atoms with E-state index in [0.717, 1.165) is 58.0 Å². The lowest BCUT2D eigenvalue weighted by Crippen LogP contribution is -2.13. The fourth-order valence-corrected chi connectivity index (χ4v) is 7.56. The summed E-state index contributed by atoms with van der Waals surface area (Å²) in [5.41, 5.74) is 8.13. The molecule has 2 heterocycles. The van der Waals surface area contributed by atoms with Gasteiger partial charge >= 0.3 is 0 Å². The molecule has 0 N–H and O–H groups in total. The van der Waals surface area contributed by atoms with E-state index in [0.29, 0.717) is 10.9 Å². The molecule has 1 atom stereocenters. The third kappa shape index (κ3) is 4.99. The molecule has 1 aromatic heterocycles. The number of nitrogens with zero attached hydrogens (tertiary/aromatic N) is 2. The maximum absolute atomic E-state index is 7.33. The van der Waals surface area contributed by atoms with Gasteiger partial charge < -0.3 is 4.42 Å². The van der Waals surface area contributed by atoms with Crippen LogP contribution in [0.2, 0.25) is 5.02 Å². The van der Waals surface area contributed by atoms with Crippen LogP contribution < -0.4 is 0 Å². The number of amidine groups is 1. The van der Waals surface area contributed by atoms with Crippen molar-refractivity contribution in [2.24, 2.45) is 9.98 Å². The molecule has 8 aromatic rings. The Bertz CT molecular complexity index is 2540. The molecule has 1 aliphatic heterocycles. The van der Waals surface area contributed by atoms with Gasteiger partial charge in [0, 0.05) is 21.9 Å². The van der Waals surface area contributed by atoms with E-state index in [4.69, 9.17) is 26.0 Å². The Morgan fingerprint density at radius 1 is 0.583 bits per heavy atom. The number of rotatable bonds is 4. The molecule has 0 amide bonds. The van der Waals surface area contributed by atoms with Gasteiger partial charge in [0.15, 0.2) is 5.84 Å². The number of hydrogen-bond acceptors (Lipinski definition) is 3. The molecule has 0 aliphatic carbocycles. The van der Waals surface area contributed by atoms with E-state index in [-0.39, 0.29) is 6.04 Å². The van der Waals surface area contributed by atoms with Gasteiger partial charge in [0.1, 0.15) is 11.2 Å². The fraction of sp³-hybridized carbons (Fsp3) is 0.0909. The van der Waals surface area contributed by atoms with E-state index in [1.165, 1.54) is 38.2 Å². The first-order valence-electron chi connectivity index (χ1n) is 16.5. The van der Waals surface area contributed by atoms with E-state index < -0.39 is 0 Å². The molecule has 0 saturated heterocycles. The first-order chi connectivity index (χ1) is 23.7. The molecule has 1 unspecified atom stereocenters. The summed E-state index contributed by atoms with van der Waals surface area (Å²) in [6.45, 7) is 0. The molecule has 9 rings (SSSR count). The van der Waals surface area contributed by atoms with E-state index in [9.17, 15) is 0 Å². The van der Waals surface area contributed by atoms with Crippen LogP contribution in [0.3, 0.4) is 0 Å². The highest BCUT2D eigenvalue weighted by Crippen LogP contribution is 2.38. The average Bonchev–Trinajstić information content (AvgIpc) is 3.52. The van der Waals surface area contributed by atoms with Gasteiger partial charge in [-0.1, -0.05) is 133 Å². The summed E-state index contributed by atoms with van der Waals surface area (Å²) in [4.78, 5) is 10.9. The van der Waals surface area contributed by atoms with Crippen molar-refractivity contribution in [3.8, 4) is 11.1 Å². The predicted molar refractivity (Wildman–Crippen MR) is 202 cm³/mol. The van der Waals surface area contributed by atoms with Crippen molar-refractivity contribution < 1.29 is 4.42 Å². The van der Waals surface area contributed by atoms with Crippen LogP contribution in [-0.4, -0.2) is 11.5 Å². The number of benzene rings is 7. The second-order valence-electron chi connectivity index (χ2n) is 12.5. The summed E-state index contributed by atoms with van der Waals surface area (Å²) in [5.74, 6) is 0.649. The number of furan rings is 1. The number of aliphatic imine (C=N–C) groups is 2. The lowest BCUT2D eigenvalue weighted by Gasteiger charge is -2.21. The van der Waals surface area contributed by atoms with Crippen LogP contribution in [-0.2, 0) is 0 Å². The third-order valence-corrected chi connectivity index (χ3v) is 10.0. The Kier molecular flexibility index (Phi) is 7.13. The Balaban J connectivity index is 1.24. The van der Waals surface area contributed by atoms with Crippen LogP contribution in [0.5, 0.6) is 0 Å². The Labute approximate surface area is 283 Å². The minimum Gasteiger partial charge on any atom is -0.456 e. The van der Waals surface area contributed by atoms with Crippen LogP contribution in [0.1, 0.15) is 42.0 Å². The Morgan fingerprint density at radius 2 is 1.27 bits per heavy atom. The normalized spacial score (nSPS) is 17.6. The Hall–Kier alpha value is -5.51. The molecule has 48 heavy (non-hydrogen) atoms. The summed E-state index contributed by atoms with van der Waals surface area (Å²) in [6.07, 6.45) is 2.68. The van der Waals surface area contributed by atoms with Gasteiger partial charge in [-0.25, -0.2) is 4.99 Å². The predicted octanol–water partition coefficient (Wildman–Crippen LogP) is 12.4. The lowest BCUT2D eigenvalue weighted by atomic mass is 9.91. The number of hydrogen-bond donors (Lipinski definition) is 0. The van der Waals surface area contributed by atoms with Gasteiger partial charge in [0.05, 0.1) is 16.8 Å². The van der Waals surface area contributed by atoms with Crippen molar-refractivity contribution in [2.45, 2.75) is 25.3 Å². The topological polar surface area (TPSA) is 37.9 Å². The zero-order chi connectivity index (χ0) is 32.0. The molecule has 7 aromatic carbocycles. The van der Waals surface area contributed by atoms with Crippen molar-refractivity contribution in [2.75, 3.05) is 0 Å². The zero-order valence-corrected chi connectivity index (χ0v) is 27.0. The molecular formula is C44H31ClN2O. The summed E-state index contributed by atoms with van der Waals surface area (Å²) in [7, 11) is 0. The average molecular weight is 639 g/mol. The van der Waals surface area contributed by atoms with Gasteiger partial charge in [0.2, 0.25) is 0 Å². The van der Waals surface area contributed by atoms with Gasteiger partial charge in [-0.2, -0.15) is 0 Å². The molecule has 0 bridgehead atoms. The molecule has 1 aliphatic rings. The number of para-hydroxylation sites is 1. The molecule has 0 radical (unpaired) electrons. The van der Waals surface area contributed by atoms with Crippen molar-refractivity contribution in [3.63, 3.8) is 0 Å². The van der Waals surface area contributed by atoms with Gasteiger partial charge in [0.25, 0.3) is 0 Å². The Morgan fingerprint density at radius 3 is 2.10 bits per heavy atom. The van der Waals surface area contributed by atoms with E-state index in [1.807, 2.05) is 36.4 Å². The van der Waals surface area contributed by atoms with E-state index >= 15 is 0 Å². The number of halogens is 1. The summed E-state index contributed by atoms with van der Waals surface area (Å²) < 4.78 is 6.18. The molecule has 3 nitrogen and oxygen atoms in total. The molecule has 0 fully saturated rings. The maximum Gasteiger partial charge on any atom is 0.156 e. The van der Waals surface area contributed by atoms with Crippen LogP contribution in [0.15, 0.2) is 160 Å². The van der Waals surface area contributed by atoms with E-state index in [1.54, 1.807) is 0 Å². The maximum atomic E-state index is 7.33. The van der Waals surface area contributed by atoms with Crippen molar-refractivity contribution >= 4 is 66.6 Å². The monoisotopic (exact) mass is 638 g/mol. The first kappa shape index (κ1) is 28.7. The van der Waals surface area contributed by atoms with Gasteiger partial charge in [-0.05, 0) is 81.8 Å². The highest BCUT2D eigenvalue weighted by molar-refractivity contribution is 6.41. The second kappa shape index (κ2) is 11.9. The molecule has 230 valence electrons. The second-order valence-corrected chi connectivity index (χ2v) is 12.9. The van der Waals surface area contributed by atoms with Crippen molar-refractivity contribution in [1.82, 2.24) is 0 Å². The molecule has 0 spiro atoms. The molecule has 4 heteroatoms. The van der Waals surface area contributed by atoms with Crippen molar-refractivity contribution in [1.29, 1.82) is 0 Å². The third-order valence-electron chi connectivity index (χ3n) is 9.61. The first-order valence-corrected chi connectivity index (χ1v) is 16.9. The SMILES string of the molecule is Clc1c(C2=N/C(c3ccc(-c4ccccc4)cc3)CCC/C(c3cc4ccccc4c4ccccc34)=N\2)ccc2oc3ccccc3c12. The van der Waals surface area contributed by atoms with Crippen molar-refractivity contribution in [3.05, 3.63) is 167 Å². The highest BCUT2D eigenvalue weighted by atomic mass is 35.5. The summed E-state index contributed by atoms with van der Waals surface area (Å²) in [5, 5.41) is 7.38. The van der Waals surface area contributed by atoms with Crippen LogP contribution >= 0.6 is 11.6 Å². The standard InChI is InChI=1S/C44H31ClN2O/c45-43-36(25-26-41-42(43)35-17-8-9-20-40(35)48-41)44-46-38(30-23-21-29(22-24-30)28-11-2-1-3-12-28)18-10-19-39(47-44)37-27-31-13-4-5-14-32(31)33-15-6-7-16-34(33)37/h1-9,11-17,20-27,38H,10,18-19H2/b46-44-,47-39+. The largest absolute Gasteiger partial charge is 0.456 e. The van der Waals surface area contributed by atoms with Gasteiger partial charge in [-0.15, -0.1) is 0 Å². The van der Waals surface area contributed by atoms with Crippen LogP contribution in [0, 0.1) is 0 Å². The lowest BCUT2D eigenvalue weighted by molar-refractivity contribution is 0.622. The van der Waals surface area contributed by atoms with E-state index in [2.05, 4.69) is 109 Å². The number of fused-ring (bicyclic) bond motifs is 6. The minimum atomic E-state index is -0.0590. The highest BCUT2D eigenvalue weighted by Gasteiger charge is 2.23. The zero-order valence-electron chi connectivity index (χ0n) is 26.2. The molecule has 0 saturated carbocycles. The smallest absolute Gasteiger partial charge is 0.156 e. The molecular weight excluding hydrogens is 608 g/mol. The minimum absolute atomic E-state index is 0.0590. The summed E-state index contributed by atoms with van der Waals surface area (Å²) >= 11 is 7.33. The van der Waals surface area contributed by atoms with Gasteiger partial charge in [-0.3, -0.25) is 4.99 Å². The summed E-state index contributed by atoms with van der Waals surface area (Å²) in [6, 6.07) is 50.9. The van der Waals surface area contributed by atoms with Crippen LogP contribution in [0.4, 0.5) is 0 Å². The van der Waals surface area contributed by atoms with Crippen LogP contribution in [0.25, 0.3) is 54.6 Å². The quantitative estimate of drug-likeness (QED) is 0.177. The fourth-order valence-electron chi connectivity index (χ4n) is 7.22.